The lowest BCUT2D eigenvalue weighted by molar-refractivity contribution is -0.176. The molecular weight excluding hydrogens is 243 g/mol. The van der Waals surface area contributed by atoms with Gasteiger partial charge in [-0.25, -0.2) is 4.79 Å². The highest BCUT2D eigenvalue weighted by Crippen LogP contribution is 2.15. The van der Waals surface area contributed by atoms with Gasteiger partial charge in [0.2, 0.25) is 0 Å². The molecule has 0 aromatic carbocycles. The Labute approximate surface area is 97.3 Å². The van der Waals surface area contributed by atoms with Crippen LogP contribution in [0.3, 0.4) is 0 Å². The van der Waals surface area contributed by atoms with Gasteiger partial charge in [0.1, 0.15) is 6.02 Å². The minimum Gasteiger partial charge on any atom is -0.461 e. The zero-order valence-electron chi connectivity index (χ0n) is 10.3. The summed E-state index contributed by atoms with van der Waals surface area (Å²) in [5, 5.41) is 9.85. The average molecular weight is 258 g/mol. The number of amides is 1. The lowest BCUT2D eigenvalue weighted by Gasteiger charge is -2.18. The first-order valence-corrected chi connectivity index (χ1v) is 4.74. The van der Waals surface area contributed by atoms with Crippen molar-refractivity contribution in [2.24, 2.45) is 0 Å². The van der Waals surface area contributed by atoms with Gasteiger partial charge in [0.05, 0.1) is 7.47 Å². The number of hydrogen-bond acceptors (Lipinski definition) is 4. The van der Waals surface area contributed by atoms with Crippen molar-refractivity contribution in [3.8, 4) is 0 Å². The van der Waals surface area contributed by atoms with Crippen LogP contribution in [-0.2, 0) is 14.3 Å². The van der Waals surface area contributed by atoms with E-state index in [1.807, 2.05) is 0 Å². The van der Waals surface area contributed by atoms with Crippen LogP contribution < -0.4 is 5.32 Å². The number of hydrogen-bond donors (Lipinski definition) is 2. The van der Waals surface area contributed by atoms with E-state index in [0.717, 1.165) is 0 Å². The van der Waals surface area contributed by atoms with E-state index < -0.39 is 43.2 Å². The molecule has 0 aliphatic rings. The molecule has 0 saturated heterocycles. The SMILES string of the molecule is [2H][C@@](CCO)(NC(=O)C(F)(F)F)C(=O)OC(C)C. The maximum Gasteiger partial charge on any atom is 0.471 e. The normalized spacial score (nSPS) is 16.1. The molecule has 0 aliphatic heterocycles. The van der Waals surface area contributed by atoms with E-state index in [0.29, 0.717) is 0 Å². The van der Waals surface area contributed by atoms with Crippen molar-refractivity contribution >= 4 is 11.9 Å². The lowest BCUT2D eigenvalue weighted by atomic mass is 10.2. The fourth-order valence-corrected chi connectivity index (χ4v) is 0.821. The number of nitrogens with one attached hydrogen (secondary N) is 1. The summed E-state index contributed by atoms with van der Waals surface area (Å²) < 4.78 is 48.1. The maximum atomic E-state index is 12.0. The Kier molecular flexibility index (Phi) is 5.20. The number of ether oxygens (including phenoxy) is 1. The van der Waals surface area contributed by atoms with Crippen LogP contribution in [0.1, 0.15) is 21.6 Å². The van der Waals surface area contributed by atoms with Gasteiger partial charge in [-0.05, 0) is 13.8 Å². The highest BCUT2D eigenvalue weighted by Gasteiger charge is 2.41. The Morgan fingerprint density at radius 2 is 2.00 bits per heavy atom. The third-order valence-electron chi connectivity index (χ3n) is 1.47. The van der Waals surface area contributed by atoms with E-state index in [9.17, 15) is 22.8 Å². The molecule has 0 radical (unpaired) electrons. The van der Waals surface area contributed by atoms with Crippen LogP contribution in [-0.4, -0.2) is 41.9 Å². The first-order chi connectivity index (χ1) is 8.03. The van der Waals surface area contributed by atoms with Gasteiger partial charge in [0.25, 0.3) is 0 Å². The summed E-state index contributed by atoms with van der Waals surface area (Å²) in [6, 6.07) is -2.66. The van der Waals surface area contributed by atoms with E-state index in [1.54, 1.807) is 0 Å². The summed E-state index contributed by atoms with van der Waals surface area (Å²) in [7, 11) is 0. The van der Waals surface area contributed by atoms with Crippen molar-refractivity contribution in [2.75, 3.05) is 6.61 Å². The molecule has 0 unspecified atom stereocenters. The molecule has 0 rings (SSSR count). The molecule has 0 fully saturated rings. The van der Waals surface area contributed by atoms with Crippen molar-refractivity contribution in [3.63, 3.8) is 0 Å². The van der Waals surface area contributed by atoms with Crippen LogP contribution >= 0.6 is 0 Å². The van der Waals surface area contributed by atoms with E-state index in [2.05, 4.69) is 4.74 Å². The summed E-state index contributed by atoms with van der Waals surface area (Å²) in [4.78, 5) is 22.1. The van der Waals surface area contributed by atoms with Crippen molar-refractivity contribution in [2.45, 2.75) is 38.6 Å². The molecule has 100 valence electrons. The van der Waals surface area contributed by atoms with Crippen LogP contribution in [0.4, 0.5) is 13.2 Å². The van der Waals surface area contributed by atoms with E-state index >= 15 is 0 Å². The number of halogens is 3. The predicted octanol–water partition coefficient (Wildman–Crippen LogP) is 0.367. The minimum atomic E-state index is -5.22. The molecule has 0 bridgehead atoms. The fourth-order valence-electron chi connectivity index (χ4n) is 0.821. The summed E-state index contributed by atoms with van der Waals surface area (Å²) >= 11 is 0. The minimum absolute atomic E-state index is 0.663. The number of alkyl halides is 3. The monoisotopic (exact) mass is 258 g/mol. The largest absolute Gasteiger partial charge is 0.471 e. The van der Waals surface area contributed by atoms with Crippen LogP contribution in [0.2, 0.25) is 0 Å². The molecule has 0 saturated carbocycles. The Hall–Kier alpha value is -1.31. The third kappa shape index (κ3) is 6.10. The first kappa shape index (κ1) is 13.8. The molecule has 0 heterocycles. The maximum absolute atomic E-state index is 12.0. The van der Waals surface area contributed by atoms with Crippen LogP contribution in [0.25, 0.3) is 0 Å². The molecular formula is C9H14F3NO4. The number of aliphatic hydroxyl groups excluding tert-OH is 1. The van der Waals surface area contributed by atoms with E-state index in [-0.39, 0.29) is 0 Å². The smallest absolute Gasteiger partial charge is 0.461 e. The van der Waals surface area contributed by atoms with Gasteiger partial charge in [-0.2, -0.15) is 13.2 Å². The van der Waals surface area contributed by atoms with Crippen LogP contribution in [0, 0.1) is 0 Å². The van der Waals surface area contributed by atoms with Crippen LogP contribution in [0.5, 0.6) is 0 Å². The number of carbonyl (C=O) groups excluding carboxylic acids is 2. The van der Waals surface area contributed by atoms with Crippen molar-refractivity contribution in [1.29, 1.82) is 0 Å². The number of rotatable bonds is 5. The Morgan fingerprint density at radius 3 is 2.35 bits per heavy atom. The van der Waals surface area contributed by atoms with Gasteiger partial charge in [0, 0.05) is 13.0 Å². The number of aliphatic hydroxyl groups is 1. The van der Waals surface area contributed by atoms with Crippen molar-refractivity contribution in [1.82, 2.24) is 5.32 Å². The molecule has 0 aromatic rings. The summed E-state index contributed by atoms with van der Waals surface area (Å²) in [6.07, 6.45) is -6.59. The molecule has 0 aromatic heterocycles. The highest BCUT2D eigenvalue weighted by atomic mass is 19.4. The lowest BCUT2D eigenvalue weighted by Crippen LogP contribution is -2.48. The molecule has 5 nitrogen and oxygen atoms in total. The molecule has 17 heavy (non-hydrogen) atoms. The van der Waals surface area contributed by atoms with Gasteiger partial charge in [-0.1, -0.05) is 0 Å². The second-order valence-corrected chi connectivity index (χ2v) is 3.36. The zero-order chi connectivity index (χ0) is 14.6. The highest BCUT2D eigenvalue weighted by molar-refractivity contribution is 5.87. The summed E-state index contributed by atoms with van der Waals surface area (Å²) in [6.45, 7) is 2.11. The molecule has 1 amide bonds. The van der Waals surface area contributed by atoms with Gasteiger partial charge in [0.15, 0.2) is 0 Å². The zero-order valence-corrected chi connectivity index (χ0v) is 9.30. The second kappa shape index (κ2) is 6.43. The van der Waals surface area contributed by atoms with E-state index in [4.69, 9.17) is 6.48 Å². The topological polar surface area (TPSA) is 75.6 Å². The Morgan fingerprint density at radius 1 is 1.47 bits per heavy atom. The summed E-state index contributed by atoms with van der Waals surface area (Å²) in [5.41, 5.74) is 0. The molecule has 1 atom stereocenters. The quantitative estimate of drug-likeness (QED) is 0.698. The Bertz CT molecular complexity index is 321. The average Bonchev–Trinajstić information content (AvgIpc) is 2.15. The molecule has 0 aliphatic carbocycles. The van der Waals surface area contributed by atoms with Gasteiger partial charge in [-0.15, -0.1) is 0 Å². The van der Waals surface area contributed by atoms with Gasteiger partial charge < -0.3 is 15.2 Å². The van der Waals surface area contributed by atoms with Crippen molar-refractivity contribution < 1.29 is 34.0 Å². The second-order valence-electron chi connectivity index (χ2n) is 3.36. The van der Waals surface area contributed by atoms with Crippen LogP contribution in [0.15, 0.2) is 0 Å². The predicted molar refractivity (Wildman–Crippen MR) is 50.9 cm³/mol. The molecule has 8 heteroatoms. The molecule has 0 spiro atoms. The standard InChI is InChI=1S/C9H14F3NO4/c1-5(2)17-7(15)6(3-4-14)13-8(16)9(10,11)12/h5-6,14H,3-4H2,1-2H3,(H,13,16)/t6-/m0/s1/i6D. The fraction of sp³-hybridized carbons (Fsp3) is 0.778. The molecule has 2 N–H and O–H groups in total. The van der Waals surface area contributed by atoms with E-state index in [1.165, 1.54) is 19.2 Å². The first-order valence-electron chi connectivity index (χ1n) is 5.24. The van der Waals surface area contributed by atoms with Crippen molar-refractivity contribution in [3.05, 3.63) is 0 Å². The Balaban J connectivity index is 4.92. The number of carbonyl (C=O) groups is 2. The summed E-state index contributed by atoms with van der Waals surface area (Å²) in [5.74, 6) is -3.80. The number of esters is 1. The van der Waals surface area contributed by atoms with Gasteiger partial charge in [-0.3, -0.25) is 4.79 Å². The van der Waals surface area contributed by atoms with Gasteiger partial charge >= 0.3 is 18.1 Å². The third-order valence-corrected chi connectivity index (χ3v) is 1.47.